The first-order valence-corrected chi connectivity index (χ1v) is 11.1. The number of likely N-dealkylation sites (tertiary alicyclic amines) is 1. The fourth-order valence-electron chi connectivity index (χ4n) is 3.90. The van der Waals surface area contributed by atoms with Gasteiger partial charge in [-0.3, -0.25) is 19.2 Å². The van der Waals surface area contributed by atoms with Crippen LogP contribution in [-0.2, 0) is 25.6 Å². The van der Waals surface area contributed by atoms with Crippen molar-refractivity contribution in [3.8, 4) is 0 Å². The van der Waals surface area contributed by atoms with E-state index in [0.29, 0.717) is 17.7 Å². The van der Waals surface area contributed by atoms with Gasteiger partial charge in [0.15, 0.2) is 0 Å². The van der Waals surface area contributed by atoms with Gasteiger partial charge < -0.3 is 31.7 Å². The molecule has 3 atom stereocenters. The number of aliphatic hydroxyl groups is 1. The van der Waals surface area contributed by atoms with Crippen molar-refractivity contribution in [3.05, 3.63) is 35.9 Å². The SMILES string of the molecule is NC(=O)C[C@H](NC(=O)[C@@H](N)CO)C(=O)N1CCC[C@H]1CN(CCc1ccccc1)C(=O)C(F)(F)F. The quantitative estimate of drug-likeness (QED) is 0.314. The summed E-state index contributed by atoms with van der Waals surface area (Å²) in [5.74, 6) is -4.52. The smallest absolute Gasteiger partial charge is 0.394 e. The maximum Gasteiger partial charge on any atom is 0.471 e. The largest absolute Gasteiger partial charge is 0.471 e. The van der Waals surface area contributed by atoms with Crippen molar-refractivity contribution in [1.29, 1.82) is 0 Å². The van der Waals surface area contributed by atoms with E-state index in [-0.39, 0.29) is 26.1 Å². The number of amides is 4. The van der Waals surface area contributed by atoms with Crippen LogP contribution in [0.25, 0.3) is 0 Å². The molecule has 0 radical (unpaired) electrons. The molecule has 0 bridgehead atoms. The van der Waals surface area contributed by atoms with E-state index in [0.717, 1.165) is 5.56 Å². The molecule has 35 heavy (non-hydrogen) atoms. The van der Waals surface area contributed by atoms with E-state index in [1.807, 2.05) is 0 Å². The molecule has 194 valence electrons. The molecule has 1 aromatic rings. The van der Waals surface area contributed by atoms with Crippen LogP contribution in [0.3, 0.4) is 0 Å². The van der Waals surface area contributed by atoms with Crippen molar-refractivity contribution in [3.63, 3.8) is 0 Å². The van der Waals surface area contributed by atoms with Crippen LogP contribution >= 0.6 is 0 Å². The van der Waals surface area contributed by atoms with Gasteiger partial charge in [-0.25, -0.2) is 0 Å². The number of carbonyl (C=O) groups excluding carboxylic acids is 4. The number of alkyl halides is 3. The van der Waals surface area contributed by atoms with Crippen LogP contribution < -0.4 is 16.8 Å². The standard InChI is InChI=1S/C22H30F3N5O5/c23-22(24,25)21(35)29(10-8-14-5-2-1-3-6-14)12-15-7-4-9-30(15)20(34)17(11-18(27)32)28-19(33)16(26)13-31/h1-3,5-6,15-17,31H,4,7-13,26H2,(H2,27,32)(H,28,33)/t15-,16-,17-/m0/s1. The molecule has 0 unspecified atom stereocenters. The van der Waals surface area contributed by atoms with Crippen molar-refractivity contribution in [2.24, 2.45) is 11.5 Å². The van der Waals surface area contributed by atoms with Crippen molar-refractivity contribution in [2.75, 3.05) is 26.2 Å². The van der Waals surface area contributed by atoms with E-state index in [1.54, 1.807) is 30.3 Å². The Hall–Kier alpha value is -3.19. The van der Waals surface area contributed by atoms with Gasteiger partial charge in [-0.05, 0) is 24.8 Å². The zero-order valence-electron chi connectivity index (χ0n) is 19.0. The maximum atomic E-state index is 13.3. The molecular formula is C22H30F3N5O5. The summed E-state index contributed by atoms with van der Waals surface area (Å²) in [6, 6.07) is 5.18. The number of aliphatic hydroxyl groups excluding tert-OH is 1. The number of carbonyl (C=O) groups is 4. The molecule has 4 amide bonds. The molecule has 1 aromatic carbocycles. The Morgan fingerprint density at radius 3 is 2.43 bits per heavy atom. The second-order valence-corrected chi connectivity index (χ2v) is 8.33. The summed E-state index contributed by atoms with van der Waals surface area (Å²) in [4.78, 5) is 50.7. The minimum atomic E-state index is -5.09. The van der Waals surface area contributed by atoms with Crippen LogP contribution in [0.5, 0.6) is 0 Å². The highest BCUT2D eigenvalue weighted by Crippen LogP contribution is 2.24. The van der Waals surface area contributed by atoms with Crippen molar-refractivity contribution < 1.29 is 37.5 Å². The van der Waals surface area contributed by atoms with Gasteiger partial charge in [0.2, 0.25) is 17.7 Å². The Labute approximate surface area is 200 Å². The summed E-state index contributed by atoms with van der Waals surface area (Å²) in [5.41, 5.74) is 11.4. The summed E-state index contributed by atoms with van der Waals surface area (Å²) in [6.45, 7) is -1.13. The highest BCUT2D eigenvalue weighted by Gasteiger charge is 2.44. The zero-order valence-corrected chi connectivity index (χ0v) is 19.0. The number of rotatable bonds is 11. The highest BCUT2D eigenvalue weighted by molar-refractivity contribution is 5.93. The van der Waals surface area contributed by atoms with E-state index >= 15 is 0 Å². The van der Waals surface area contributed by atoms with Crippen LogP contribution in [0.15, 0.2) is 30.3 Å². The molecule has 0 spiro atoms. The van der Waals surface area contributed by atoms with Gasteiger partial charge in [0.1, 0.15) is 12.1 Å². The Morgan fingerprint density at radius 2 is 1.86 bits per heavy atom. The lowest BCUT2D eigenvalue weighted by molar-refractivity contribution is -0.186. The fraction of sp³-hybridized carbons (Fsp3) is 0.545. The molecule has 2 rings (SSSR count). The Kier molecular flexibility index (Phi) is 10.0. The molecule has 1 saturated heterocycles. The van der Waals surface area contributed by atoms with Gasteiger partial charge in [-0.1, -0.05) is 30.3 Å². The van der Waals surface area contributed by atoms with Gasteiger partial charge in [0.25, 0.3) is 0 Å². The molecular weight excluding hydrogens is 471 g/mol. The normalized spacial score (nSPS) is 17.5. The molecule has 6 N–H and O–H groups in total. The number of primary amides is 1. The van der Waals surface area contributed by atoms with Crippen LogP contribution in [0, 0.1) is 0 Å². The summed E-state index contributed by atoms with van der Waals surface area (Å²) >= 11 is 0. The molecule has 1 aliphatic rings. The average Bonchev–Trinajstić information content (AvgIpc) is 3.27. The lowest BCUT2D eigenvalue weighted by atomic mass is 10.1. The number of nitrogens with zero attached hydrogens (tertiary/aromatic N) is 2. The van der Waals surface area contributed by atoms with Gasteiger partial charge in [0.05, 0.1) is 13.0 Å². The van der Waals surface area contributed by atoms with Crippen molar-refractivity contribution in [2.45, 2.75) is 50.0 Å². The van der Waals surface area contributed by atoms with Crippen LogP contribution in [0.4, 0.5) is 13.2 Å². The topological polar surface area (TPSA) is 159 Å². The second kappa shape index (κ2) is 12.5. The number of hydrogen-bond donors (Lipinski definition) is 4. The number of nitrogens with two attached hydrogens (primary N) is 2. The third kappa shape index (κ3) is 8.21. The van der Waals surface area contributed by atoms with Crippen LogP contribution in [0.2, 0.25) is 0 Å². The molecule has 1 aliphatic heterocycles. The van der Waals surface area contributed by atoms with Crippen molar-refractivity contribution >= 4 is 23.6 Å². The first-order chi connectivity index (χ1) is 16.4. The fourth-order valence-corrected chi connectivity index (χ4v) is 3.90. The summed E-state index contributed by atoms with van der Waals surface area (Å²) < 4.78 is 39.8. The number of hydrogen-bond acceptors (Lipinski definition) is 6. The Balaban J connectivity index is 2.18. The van der Waals surface area contributed by atoms with Crippen LogP contribution in [-0.4, -0.2) is 89.1 Å². The molecule has 1 fully saturated rings. The van der Waals surface area contributed by atoms with Gasteiger partial charge in [-0.15, -0.1) is 0 Å². The first kappa shape index (κ1) is 28.1. The molecule has 0 saturated carbocycles. The second-order valence-electron chi connectivity index (χ2n) is 8.33. The summed E-state index contributed by atoms with van der Waals surface area (Å²) in [5, 5.41) is 11.3. The van der Waals surface area contributed by atoms with E-state index in [4.69, 9.17) is 16.6 Å². The first-order valence-electron chi connectivity index (χ1n) is 11.1. The third-order valence-corrected chi connectivity index (χ3v) is 5.69. The number of nitrogens with one attached hydrogen (secondary N) is 1. The minimum absolute atomic E-state index is 0.160. The summed E-state index contributed by atoms with van der Waals surface area (Å²) in [7, 11) is 0. The monoisotopic (exact) mass is 501 g/mol. The third-order valence-electron chi connectivity index (χ3n) is 5.69. The molecule has 1 heterocycles. The van der Waals surface area contributed by atoms with E-state index < -0.39 is 61.0 Å². The zero-order chi connectivity index (χ0) is 26.2. The lowest BCUT2D eigenvalue weighted by Gasteiger charge is -2.33. The summed E-state index contributed by atoms with van der Waals surface area (Å²) in [6.07, 6.45) is -4.69. The van der Waals surface area contributed by atoms with Crippen molar-refractivity contribution in [1.82, 2.24) is 15.1 Å². The predicted octanol–water partition coefficient (Wildman–Crippen LogP) is -0.709. The minimum Gasteiger partial charge on any atom is -0.394 e. The predicted molar refractivity (Wildman–Crippen MR) is 118 cm³/mol. The number of benzene rings is 1. The molecule has 13 heteroatoms. The van der Waals surface area contributed by atoms with E-state index in [9.17, 15) is 32.3 Å². The van der Waals surface area contributed by atoms with Gasteiger partial charge in [0, 0.05) is 25.7 Å². The number of halogens is 3. The molecule has 0 aromatic heterocycles. The van der Waals surface area contributed by atoms with Gasteiger partial charge >= 0.3 is 12.1 Å². The van der Waals surface area contributed by atoms with Crippen LogP contribution in [0.1, 0.15) is 24.8 Å². The van der Waals surface area contributed by atoms with E-state index in [2.05, 4.69) is 5.32 Å². The maximum absolute atomic E-state index is 13.3. The van der Waals surface area contributed by atoms with Gasteiger partial charge in [-0.2, -0.15) is 13.2 Å². The molecule has 10 nitrogen and oxygen atoms in total. The van der Waals surface area contributed by atoms with E-state index in [1.165, 1.54) is 4.90 Å². The Bertz CT molecular complexity index is 899. The average molecular weight is 502 g/mol. The Morgan fingerprint density at radius 1 is 1.20 bits per heavy atom. The molecule has 0 aliphatic carbocycles. The highest BCUT2D eigenvalue weighted by atomic mass is 19.4. The lowest BCUT2D eigenvalue weighted by Crippen LogP contribution is -2.57.